The normalized spacial score (nSPS) is 11.4. The number of para-hydroxylation sites is 1. The monoisotopic (exact) mass is 357 g/mol. The highest BCUT2D eigenvalue weighted by Crippen LogP contribution is 2.32. The van der Waals surface area contributed by atoms with Crippen LogP contribution in [0.1, 0.15) is 0 Å². The number of aromatic nitrogens is 3. The Hall–Kier alpha value is -2.44. The third kappa shape index (κ3) is 2.03. The van der Waals surface area contributed by atoms with Crippen molar-refractivity contribution in [1.29, 1.82) is 0 Å². The van der Waals surface area contributed by atoms with E-state index in [-0.39, 0.29) is 11.4 Å². The fourth-order valence-corrected chi connectivity index (χ4v) is 3.65. The van der Waals surface area contributed by atoms with Gasteiger partial charge < -0.3 is 0 Å². The van der Waals surface area contributed by atoms with E-state index in [0.717, 1.165) is 16.3 Å². The summed E-state index contributed by atoms with van der Waals surface area (Å²) < 4.78 is 3.99. The molecule has 0 bridgehead atoms. The molecule has 7 heteroatoms. The lowest BCUT2D eigenvalue weighted by molar-refractivity contribution is 0.644. The molecule has 0 saturated heterocycles. The average Bonchev–Trinajstić information content (AvgIpc) is 2.78. The number of benzene rings is 2. The molecule has 4 aromatic rings. The van der Waals surface area contributed by atoms with E-state index in [1.54, 1.807) is 36.4 Å². The molecule has 0 radical (unpaired) electrons. The van der Waals surface area contributed by atoms with Gasteiger partial charge in [0, 0.05) is 10.6 Å². The fourth-order valence-electron chi connectivity index (χ4n) is 2.80. The number of nitrogens with zero attached hydrogens (tertiary/aromatic N) is 3. The predicted molar refractivity (Wildman–Crippen MR) is 96.1 cm³/mol. The zero-order valence-electron chi connectivity index (χ0n) is 12.6. The highest BCUT2D eigenvalue weighted by molar-refractivity contribution is 7.98. The van der Waals surface area contributed by atoms with Crippen LogP contribution >= 0.6 is 23.4 Å². The third-order valence-electron chi connectivity index (χ3n) is 3.88. The van der Waals surface area contributed by atoms with Crippen LogP contribution in [0.3, 0.4) is 0 Å². The summed E-state index contributed by atoms with van der Waals surface area (Å²) in [7, 11) is 0. The molecule has 0 aliphatic carbocycles. The first-order valence-corrected chi connectivity index (χ1v) is 8.81. The minimum absolute atomic E-state index is 0.367. The lowest BCUT2D eigenvalue weighted by Gasteiger charge is -2.16. The highest BCUT2D eigenvalue weighted by Gasteiger charge is 2.26. The van der Waals surface area contributed by atoms with Crippen LogP contribution in [0, 0.1) is 0 Å². The van der Waals surface area contributed by atoms with Crippen molar-refractivity contribution < 1.29 is 0 Å². The summed E-state index contributed by atoms with van der Waals surface area (Å²) in [6, 6.07) is 16.1. The minimum atomic E-state index is -0.381. The average molecular weight is 358 g/mol. The molecular weight excluding hydrogens is 346 g/mol. The van der Waals surface area contributed by atoms with Crippen molar-refractivity contribution in [3.8, 4) is 16.9 Å². The van der Waals surface area contributed by atoms with Crippen molar-refractivity contribution in [2.45, 2.75) is 5.03 Å². The molecular formula is C17H12ClN3O2S. The molecule has 0 N–H and O–H groups in total. The van der Waals surface area contributed by atoms with Crippen molar-refractivity contribution >= 4 is 23.4 Å². The Balaban J connectivity index is 2.03. The topological polar surface area (TPSA) is 47.9 Å². The number of hydrogen-bond donors (Lipinski definition) is 0. The maximum absolute atomic E-state index is 12.8. The Bertz CT molecular complexity index is 1130. The second kappa shape index (κ2) is 5.58. The maximum Gasteiger partial charge on any atom is 0.357 e. The summed E-state index contributed by atoms with van der Waals surface area (Å²) in [5, 5.41) is 1.37. The van der Waals surface area contributed by atoms with Gasteiger partial charge in [-0.1, -0.05) is 41.9 Å². The Morgan fingerprint density at radius 3 is 2.12 bits per heavy atom. The molecule has 2 aromatic heterocycles. The zero-order valence-corrected chi connectivity index (χ0v) is 14.2. The van der Waals surface area contributed by atoms with Crippen molar-refractivity contribution in [2.24, 2.45) is 0 Å². The molecule has 0 amide bonds. The summed E-state index contributed by atoms with van der Waals surface area (Å²) in [5.74, 6) is 0. The second-order valence-electron chi connectivity index (χ2n) is 5.22. The molecule has 4 rings (SSSR count). The summed E-state index contributed by atoms with van der Waals surface area (Å²) in [5.41, 5.74) is 1.37. The van der Waals surface area contributed by atoms with E-state index in [1.165, 1.54) is 25.4 Å². The van der Waals surface area contributed by atoms with Gasteiger partial charge in [0.05, 0.1) is 5.69 Å². The Morgan fingerprint density at radius 2 is 1.50 bits per heavy atom. The molecule has 120 valence electrons. The summed E-state index contributed by atoms with van der Waals surface area (Å²) in [6.07, 6.45) is 1.88. The first-order valence-electron chi connectivity index (χ1n) is 7.21. The molecule has 5 nitrogen and oxygen atoms in total. The largest absolute Gasteiger partial charge is 0.357 e. The first-order chi connectivity index (χ1) is 11.6. The lowest BCUT2D eigenvalue weighted by atomic mass is 10.1. The Morgan fingerprint density at radius 1 is 0.875 bits per heavy atom. The quantitative estimate of drug-likeness (QED) is 0.529. The summed E-state index contributed by atoms with van der Waals surface area (Å²) >= 11 is 7.37. The van der Waals surface area contributed by atoms with E-state index < -0.39 is 0 Å². The van der Waals surface area contributed by atoms with Gasteiger partial charge in [-0.2, -0.15) is 9.03 Å². The fraction of sp³-hybridized carbons (Fsp3) is 0.0588. The summed E-state index contributed by atoms with van der Waals surface area (Å²) in [6.45, 7) is 0. The van der Waals surface area contributed by atoms with Gasteiger partial charge in [-0.05, 0) is 30.5 Å². The molecule has 2 heterocycles. The van der Waals surface area contributed by atoms with Gasteiger partial charge in [0.2, 0.25) is 0 Å². The van der Waals surface area contributed by atoms with Crippen LogP contribution in [0.15, 0.2) is 69.2 Å². The van der Waals surface area contributed by atoms with Gasteiger partial charge in [-0.15, -0.1) is 11.8 Å². The van der Waals surface area contributed by atoms with Gasteiger partial charge in [0.15, 0.2) is 0 Å². The molecule has 0 unspecified atom stereocenters. The van der Waals surface area contributed by atoms with Crippen molar-refractivity contribution in [3.63, 3.8) is 0 Å². The van der Waals surface area contributed by atoms with E-state index in [1.807, 2.05) is 24.5 Å². The van der Waals surface area contributed by atoms with Crippen molar-refractivity contribution in [2.75, 3.05) is 6.26 Å². The van der Waals surface area contributed by atoms with Crippen LogP contribution in [0.5, 0.6) is 0 Å². The SMILES string of the molecule is CSc1c(-c2ccc(Cl)cc2)n2c(=O)n(-c3ccccc3)c(=O)n12. The van der Waals surface area contributed by atoms with Crippen molar-refractivity contribution in [3.05, 3.63) is 80.6 Å². The first kappa shape index (κ1) is 15.1. The third-order valence-corrected chi connectivity index (χ3v) is 4.88. The van der Waals surface area contributed by atoms with E-state index >= 15 is 0 Å². The van der Waals surface area contributed by atoms with Gasteiger partial charge >= 0.3 is 11.4 Å². The molecule has 0 aliphatic rings. The molecule has 0 aliphatic heterocycles. The van der Waals surface area contributed by atoms with Crippen LogP contribution < -0.4 is 11.4 Å². The standard InChI is InChI=1S/C17H12ClN3O2S/c1-24-15-14(11-7-9-12(18)10-8-11)20-16(22)19(17(23)21(15)20)13-5-3-2-4-6-13/h2-10H,1H3. The van der Waals surface area contributed by atoms with E-state index in [0.29, 0.717) is 10.7 Å². The Kier molecular flexibility index (Phi) is 3.51. The molecule has 0 fully saturated rings. The highest BCUT2D eigenvalue weighted by atomic mass is 35.5. The van der Waals surface area contributed by atoms with Gasteiger partial charge in [-0.3, -0.25) is 0 Å². The lowest BCUT2D eigenvalue weighted by Crippen LogP contribution is -2.25. The summed E-state index contributed by atoms with van der Waals surface area (Å²) in [4.78, 5) is 25.5. The second-order valence-corrected chi connectivity index (χ2v) is 6.46. The van der Waals surface area contributed by atoms with Crippen LogP contribution in [-0.2, 0) is 0 Å². The smallest absolute Gasteiger partial charge is 0.245 e. The van der Waals surface area contributed by atoms with Crippen LogP contribution in [0.25, 0.3) is 16.9 Å². The maximum atomic E-state index is 12.8. The zero-order chi connectivity index (χ0) is 16.8. The molecule has 0 atom stereocenters. The molecule has 0 spiro atoms. The van der Waals surface area contributed by atoms with E-state index in [2.05, 4.69) is 0 Å². The van der Waals surface area contributed by atoms with Crippen LogP contribution in [0.2, 0.25) is 5.02 Å². The molecule has 24 heavy (non-hydrogen) atoms. The minimum Gasteiger partial charge on any atom is -0.245 e. The van der Waals surface area contributed by atoms with Gasteiger partial charge in [0.1, 0.15) is 10.7 Å². The van der Waals surface area contributed by atoms with Crippen molar-refractivity contribution in [1.82, 2.24) is 13.6 Å². The number of fused-ring (bicyclic) bond motifs is 1. The predicted octanol–water partition coefficient (Wildman–Crippen LogP) is 3.03. The van der Waals surface area contributed by atoms with E-state index in [9.17, 15) is 9.59 Å². The van der Waals surface area contributed by atoms with Gasteiger partial charge in [-0.25, -0.2) is 14.2 Å². The van der Waals surface area contributed by atoms with Crippen LogP contribution in [0.4, 0.5) is 0 Å². The van der Waals surface area contributed by atoms with Crippen LogP contribution in [-0.4, -0.2) is 19.9 Å². The number of thioether (sulfide) groups is 1. The molecule has 0 saturated carbocycles. The van der Waals surface area contributed by atoms with Gasteiger partial charge in [0.25, 0.3) is 0 Å². The number of hydrogen-bond acceptors (Lipinski definition) is 3. The van der Waals surface area contributed by atoms with E-state index in [4.69, 9.17) is 11.6 Å². The number of halogens is 1. The molecule has 2 aromatic carbocycles. The number of rotatable bonds is 3. The Labute approximate surface area is 146 Å².